The van der Waals surface area contributed by atoms with Crippen molar-refractivity contribution in [2.45, 2.75) is 63.4 Å². The minimum atomic E-state index is -1.09. The topological polar surface area (TPSA) is 116 Å². The number of ether oxygens (including phenoxy) is 4. The van der Waals surface area contributed by atoms with Crippen molar-refractivity contribution in [2.24, 2.45) is 5.92 Å². The Labute approximate surface area is 233 Å². The predicted molar refractivity (Wildman–Crippen MR) is 148 cm³/mol. The summed E-state index contributed by atoms with van der Waals surface area (Å²) in [4.78, 5) is 30.2. The second kappa shape index (κ2) is 12.7. The van der Waals surface area contributed by atoms with Gasteiger partial charge in [-0.1, -0.05) is 55.3 Å². The molecule has 0 bridgehead atoms. The number of nitrogens with zero attached hydrogens (tertiary/aromatic N) is 1. The monoisotopic (exact) mass is 548 g/mol. The van der Waals surface area contributed by atoms with E-state index >= 15 is 0 Å². The first kappa shape index (κ1) is 27.9. The first-order valence-corrected chi connectivity index (χ1v) is 13.9. The highest BCUT2D eigenvalue weighted by Gasteiger charge is 2.38. The maximum absolute atomic E-state index is 13.2. The molecule has 3 aromatic rings. The van der Waals surface area contributed by atoms with E-state index in [0.29, 0.717) is 13.0 Å². The molecule has 1 aliphatic heterocycles. The molecule has 4 unspecified atom stereocenters. The van der Waals surface area contributed by atoms with Gasteiger partial charge in [0.1, 0.15) is 6.10 Å². The second-order valence-corrected chi connectivity index (χ2v) is 10.5. The van der Waals surface area contributed by atoms with Gasteiger partial charge in [0.15, 0.2) is 23.2 Å². The first-order valence-electron chi connectivity index (χ1n) is 13.9. The van der Waals surface area contributed by atoms with Crippen molar-refractivity contribution in [3.05, 3.63) is 66.0 Å². The Bertz CT molecular complexity index is 1340. The fourth-order valence-electron chi connectivity index (χ4n) is 5.71. The van der Waals surface area contributed by atoms with Crippen LogP contribution in [0, 0.1) is 5.92 Å². The van der Waals surface area contributed by atoms with Gasteiger partial charge in [-0.3, -0.25) is 4.79 Å². The number of amides is 1. The summed E-state index contributed by atoms with van der Waals surface area (Å²) in [6.45, 7) is 2.06. The number of nitrogens with one attached hydrogen (secondary N) is 1. The number of esters is 1. The van der Waals surface area contributed by atoms with E-state index in [1.807, 2.05) is 19.1 Å². The maximum atomic E-state index is 13.2. The minimum absolute atomic E-state index is 0.0900. The lowest BCUT2D eigenvalue weighted by Gasteiger charge is -2.33. The summed E-state index contributed by atoms with van der Waals surface area (Å²) in [6.07, 6.45) is 5.38. The molecular formula is C31H36N2O7. The Morgan fingerprint density at radius 3 is 2.67 bits per heavy atom. The minimum Gasteiger partial charge on any atom is -0.503 e. The highest BCUT2D eigenvalue weighted by atomic mass is 16.6. The number of rotatable bonds is 7. The average molecular weight is 549 g/mol. The molecule has 2 aliphatic rings. The molecule has 1 saturated carbocycles. The molecule has 2 fully saturated rings. The molecule has 2 aromatic carbocycles. The molecule has 4 atom stereocenters. The normalized spacial score (nSPS) is 24.1. The van der Waals surface area contributed by atoms with Gasteiger partial charge in [-0.2, -0.15) is 0 Å². The third-order valence-corrected chi connectivity index (χ3v) is 7.77. The molecule has 5 rings (SSSR count). The number of methoxy groups -OCH3 is 1. The lowest BCUT2D eigenvalue weighted by Crippen LogP contribution is -2.47. The molecule has 1 saturated heterocycles. The molecule has 1 amide bonds. The van der Waals surface area contributed by atoms with E-state index in [-0.39, 0.29) is 36.2 Å². The second-order valence-electron chi connectivity index (χ2n) is 10.5. The van der Waals surface area contributed by atoms with Gasteiger partial charge in [0.25, 0.3) is 5.91 Å². The summed E-state index contributed by atoms with van der Waals surface area (Å²) < 4.78 is 23.7. The number of carbonyl (C=O) groups is 2. The van der Waals surface area contributed by atoms with Crippen molar-refractivity contribution in [3.63, 3.8) is 0 Å². The third-order valence-electron chi connectivity index (χ3n) is 7.77. The molecule has 0 radical (unpaired) electrons. The molecule has 1 aromatic heterocycles. The lowest BCUT2D eigenvalue weighted by atomic mass is 9.89. The van der Waals surface area contributed by atoms with E-state index in [4.69, 9.17) is 18.9 Å². The molecule has 0 spiro atoms. The fourth-order valence-corrected chi connectivity index (χ4v) is 5.71. The third kappa shape index (κ3) is 6.21. The number of hydrogen-bond acceptors (Lipinski definition) is 8. The van der Waals surface area contributed by atoms with Crippen LogP contribution in [-0.2, 0) is 25.4 Å². The van der Waals surface area contributed by atoms with Gasteiger partial charge in [0.2, 0.25) is 0 Å². The zero-order valence-electron chi connectivity index (χ0n) is 22.9. The first-order chi connectivity index (χ1) is 19.4. The van der Waals surface area contributed by atoms with Gasteiger partial charge in [-0.25, -0.2) is 9.78 Å². The average Bonchev–Trinajstić information content (AvgIpc) is 3.49. The van der Waals surface area contributed by atoms with Crippen LogP contribution in [0.5, 0.6) is 11.5 Å². The molecule has 40 heavy (non-hydrogen) atoms. The number of aromatic nitrogens is 1. The number of carbonyl (C=O) groups excluding carboxylic acids is 2. The van der Waals surface area contributed by atoms with E-state index in [0.717, 1.165) is 31.1 Å². The Morgan fingerprint density at radius 1 is 1.10 bits per heavy atom. The molecule has 2 heterocycles. The molecule has 1 aliphatic carbocycles. The molecular weight excluding hydrogens is 512 g/mol. The van der Waals surface area contributed by atoms with Crippen LogP contribution in [0.25, 0.3) is 10.8 Å². The van der Waals surface area contributed by atoms with E-state index in [2.05, 4.69) is 40.6 Å². The highest BCUT2D eigenvalue weighted by Crippen LogP contribution is 2.31. The molecule has 2 N–H and O–H groups in total. The van der Waals surface area contributed by atoms with Crippen molar-refractivity contribution in [1.82, 2.24) is 10.3 Å². The van der Waals surface area contributed by atoms with Crippen molar-refractivity contribution in [2.75, 3.05) is 20.3 Å². The number of hydrogen-bond donors (Lipinski definition) is 2. The number of cyclic esters (lactones) is 1. The van der Waals surface area contributed by atoms with Crippen LogP contribution in [0.1, 0.15) is 48.7 Å². The van der Waals surface area contributed by atoms with Crippen LogP contribution >= 0.6 is 0 Å². The molecule has 9 heteroatoms. The number of pyridine rings is 1. The summed E-state index contributed by atoms with van der Waals surface area (Å²) >= 11 is 0. The predicted octanol–water partition coefficient (Wildman–Crippen LogP) is 4.20. The van der Waals surface area contributed by atoms with Crippen molar-refractivity contribution in [3.8, 4) is 11.5 Å². The van der Waals surface area contributed by atoms with Gasteiger partial charge >= 0.3 is 5.97 Å². The zero-order valence-corrected chi connectivity index (χ0v) is 22.9. The summed E-state index contributed by atoms with van der Waals surface area (Å²) in [5.41, 5.74) is 0.922. The van der Waals surface area contributed by atoms with E-state index in [1.54, 1.807) is 0 Å². The van der Waals surface area contributed by atoms with Crippen molar-refractivity contribution in [1.29, 1.82) is 0 Å². The van der Waals surface area contributed by atoms with Gasteiger partial charge in [-0.15, -0.1) is 0 Å². The summed E-state index contributed by atoms with van der Waals surface area (Å²) in [5, 5.41) is 15.3. The maximum Gasteiger partial charge on any atom is 0.331 e. The number of fused-ring (bicyclic) bond motifs is 1. The van der Waals surface area contributed by atoms with Crippen molar-refractivity contribution >= 4 is 22.6 Å². The summed E-state index contributed by atoms with van der Waals surface area (Å²) in [5.74, 6) is -1.76. The van der Waals surface area contributed by atoms with Crippen LogP contribution < -0.4 is 10.1 Å². The van der Waals surface area contributed by atoms with Crippen LogP contribution in [0.3, 0.4) is 0 Å². The quantitative estimate of drug-likeness (QED) is 0.422. The largest absolute Gasteiger partial charge is 0.503 e. The lowest BCUT2D eigenvalue weighted by molar-refractivity contribution is -0.164. The fraction of sp³-hybridized carbons (Fsp3) is 0.452. The van der Waals surface area contributed by atoms with Crippen molar-refractivity contribution < 1.29 is 33.6 Å². The van der Waals surface area contributed by atoms with Crippen LogP contribution in [0.4, 0.5) is 0 Å². The summed E-state index contributed by atoms with van der Waals surface area (Å²) in [6, 6.07) is 14.9. The smallest absolute Gasteiger partial charge is 0.331 e. The zero-order chi connectivity index (χ0) is 28.1. The van der Waals surface area contributed by atoms with Gasteiger partial charge in [0, 0.05) is 18.2 Å². The van der Waals surface area contributed by atoms with Gasteiger partial charge < -0.3 is 29.4 Å². The van der Waals surface area contributed by atoms with Crippen LogP contribution in [0.15, 0.2) is 54.7 Å². The number of aromatic hydroxyl groups is 1. The van der Waals surface area contributed by atoms with Crippen LogP contribution in [0.2, 0.25) is 0 Å². The Kier molecular flexibility index (Phi) is 8.81. The van der Waals surface area contributed by atoms with Crippen LogP contribution in [-0.4, -0.2) is 66.6 Å². The van der Waals surface area contributed by atoms with Gasteiger partial charge in [0.05, 0.1) is 32.5 Å². The number of benzene rings is 2. The van der Waals surface area contributed by atoms with E-state index in [1.165, 1.54) is 30.3 Å². The molecule has 9 nitrogen and oxygen atoms in total. The SMILES string of the molecule is COc1ccnc(C(=O)NC2COCC(Cc3cccc4ccccc34)C(OC3CCCC3)C(C)OC2=O)c1O. The van der Waals surface area contributed by atoms with Gasteiger partial charge in [-0.05, 0) is 42.5 Å². The highest BCUT2D eigenvalue weighted by molar-refractivity contribution is 5.98. The summed E-state index contributed by atoms with van der Waals surface area (Å²) in [7, 11) is 1.38. The Balaban J connectivity index is 1.38. The standard InChI is InChI=1S/C31H36N2O7/c1-19-29(40-23-11-4-5-12-23)22(16-21-10-7-9-20-8-3-6-13-24(20)21)17-38-18-25(31(36)39-19)33-30(35)27-28(34)26(37-2)14-15-32-27/h3,6-10,13-15,19,22-23,25,29,34H,4-5,11-12,16-18H2,1-2H3,(H,33,35). The molecule has 212 valence electrons. The van der Waals surface area contributed by atoms with E-state index < -0.39 is 29.8 Å². The Hall–Kier alpha value is -3.69. The van der Waals surface area contributed by atoms with E-state index in [9.17, 15) is 14.7 Å². The Morgan fingerprint density at radius 2 is 1.88 bits per heavy atom.